The Morgan fingerprint density at radius 2 is 2.00 bits per heavy atom. The summed E-state index contributed by atoms with van der Waals surface area (Å²) in [5, 5.41) is 10.4. The number of hydrogen-bond acceptors (Lipinski definition) is 4. The normalized spacial score (nSPS) is 17.8. The monoisotopic (exact) mass is 310 g/mol. The van der Waals surface area contributed by atoms with Crippen molar-refractivity contribution in [3.8, 4) is 17.2 Å². The van der Waals surface area contributed by atoms with Crippen LogP contribution in [-0.4, -0.2) is 18.5 Å². The van der Waals surface area contributed by atoms with E-state index in [0.29, 0.717) is 6.61 Å². The summed E-state index contributed by atoms with van der Waals surface area (Å²) in [6, 6.07) is 11.7. The summed E-state index contributed by atoms with van der Waals surface area (Å²) in [5.74, 6) is 2.30. The van der Waals surface area contributed by atoms with Gasteiger partial charge in [-0.1, -0.05) is 19.1 Å². The highest BCUT2D eigenvalue weighted by atomic mass is 16.7. The predicted octanol–water partition coefficient (Wildman–Crippen LogP) is 3.68. The summed E-state index contributed by atoms with van der Waals surface area (Å²) in [6.07, 6.45) is 2.21. The van der Waals surface area contributed by atoms with Gasteiger partial charge in [-0.2, -0.15) is 0 Å². The third-order valence-corrected chi connectivity index (χ3v) is 4.11. The van der Waals surface area contributed by atoms with Crippen molar-refractivity contribution in [2.45, 2.75) is 19.4 Å². The fourth-order valence-corrected chi connectivity index (χ4v) is 2.99. The highest BCUT2D eigenvalue weighted by Crippen LogP contribution is 2.42. The van der Waals surface area contributed by atoms with E-state index in [1.807, 2.05) is 42.5 Å². The van der Waals surface area contributed by atoms with Crippen LogP contribution < -0.4 is 14.2 Å². The summed E-state index contributed by atoms with van der Waals surface area (Å²) < 4.78 is 16.5. The molecular formula is C19H18O4. The third-order valence-electron chi connectivity index (χ3n) is 4.11. The Kier molecular flexibility index (Phi) is 3.46. The van der Waals surface area contributed by atoms with Crippen LogP contribution in [0.25, 0.3) is 5.57 Å². The lowest BCUT2D eigenvalue weighted by atomic mass is 9.98. The van der Waals surface area contributed by atoms with Crippen LogP contribution in [0.15, 0.2) is 42.5 Å². The zero-order valence-corrected chi connectivity index (χ0v) is 12.9. The molecule has 1 atom stereocenters. The van der Waals surface area contributed by atoms with Gasteiger partial charge in [0.1, 0.15) is 5.75 Å². The molecule has 0 aromatic heterocycles. The second-order valence-electron chi connectivity index (χ2n) is 5.69. The first-order chi connectivity index (χ1) is 11.3. The molecule has 1 aliphatic heterocycles. The van der Waals surface area contributed by atoms with Crippen LogP contribution >= 0.6 is 0 Å². The lowest BCUT2D eigenvalue weighted by molar-refractivity contribution is 0.174. The molecule has 1 heterocycles. The van der Waals surface area contributed by atoms with Gasteiger partial charge >= 0.3 is 0 Å². The van der Waals surface area contributed by atoms with Crippen LogP contribution in [0.1, 0.15) is 36.1 Å². The fraction of sp³-hybridized carbons (Fsp3) is 0.263. The highest BCUT2D eigenvalue weighted by molar-refractivity contribution is 5.86. The van der Waals surface area contributed by atoms with Crippen molar-refractivity contribution in [2.75, 3.05) is 13.4 Å². The van der Waals surface area contributed by atoms with E-state index in [9.17, 15) is 5.11 Å². The third kappa shape index (κ3) is 2.45. The fourth-order valence-electron chi connectivity index (χ4n) is 2.99. The first-order valence-electron chi connectivity index (χ1n) is 7.83. The average molecular weight is 310 g/mol. The minimum atomic E-state index is -0.615. The Bertz CT molecular complexity index is 779. The number of hydrogen-bond donors (Lipinski definition) is 1. The number of rotatable bonds is 4. The standard InChI is InChI=1S/C19H18O4/c1-2-7-21-13-4-5-14-15(10-17(20)16(14)9-13)12-3-6-18-19(8-12)23-11-22-18/h3-6,8-10,17,20H,2,7,11H2,1H3. The minimum absolute atomic E-state index is 0.259. The highest BCUT2D eigenvalue weighted by Gasteiger charge is 2.24. The van der Waals surface area contributed by atoms with E-state index in [2.05, 4.69) is 6.92 Å². The maximum Gasteiger partial charge on any atom is 0.231 e. The summed E-state index contributed by atoms with van der Waals surface area (Å²) in [7, 11) is 0. The average Bonchev–Trinajstić information content (AvgIpc) is 3.17. The molecule has 2 aromatic rings. The molecule has 118 valence electrons. The quantitative estimate of drug-likeness (QED) is 0.936. The summed E-state index contributed by atoms with van der Waals surface area (Å²) in [5.41, 5.74) is 3.92. The van der Waals surface area contributed by atoms with Gasteiger partial charge in [0.2, 0.25) is 6.79 Å². The first kappa shape index (κ1) is 14.2. The van der Waals surface area contributed by atoms with E-state index < -0.39 is 6.10 Å². The molecule has 4 rings (SSSR count). The van der Waals surface area contributed by atoms with Gasteiger partial charge in [-0.15, -0.1) is 0 Å². The van der Waals surface area contributed by atoms with Crippen LogP contribution in [0, 0.1) is 0 Å². The molecule has 0 bridgehead atoms. The Morgan fingerprint density at radius 1 is 1.13 bits per heavy atom. The van der Waals surface area contributed by atoms with Crippen LogP contribution in [0.4, 0.5) is 0 Å². The van der Waals surface area contributed by atoms with Crippen molar-refractivity contribution >= 4 is 5.57 Å². The van der Waals surface area contributed by atoms with Gasteiger partial charge in [0.25, 0.3) is 0 Å². The van der Waals surface area contributed by atoms with Gasteiger partial charge in [0.05, 0.1) is 12.7 Å². The van der Waals surface area contributed by atoms with Gasteiger partial charge in [0, 0.05) is 0 Å². The maximum absolute atomic E-state index is 10.4. The largest absolute Gasteiger partial charge is 0.494 e. The Balaban J connectivity index is 1.69. The smallest absolute Gasteiger partial charge is 0.231 e. The van der Waals surface area contributed by atoms with Gasteiger partial charge in [-0.3, -0.25) is 0 Å². The molecule has 1 unspecified atom stereocenters. The summed E-state index contributed by atoms with van der Waals surface area (Å²) in [6.45, 7) is 3.01. The van der Waals surface area contributed by atoms with Crippen LogP contribution in [0.3, 0.4) is 0 Å². The molecule has 4 heteroatoms. The molecule has 0 saturated carbocycles. The second kappa shape index (κ2) is 5.63. The molecule has 2 aromatic carbocycles. The number of benzene rings is 2. The van der Waals surface area contributed by atoms with E-state index in [-0.39, 0.29) is 6.79 Å². The molecule has 1 N–H and O–H groups in total. The molecular weight excluding hydrogens is 292 g/mol. The van der Waals surface area contributed by atoms with Crippen molar-refractivity contribution in [1.29, 1.82) is 0 Å². The lowest BCUT2D eigenvalue weighted by Crippen LogP contribution is -1.98. The number of ether oxygens (including phenoxy) is 3. The summed E-state index contributed by atoms with van der Waals surface area (Å²) in [4.78, 5) is 0. The van der Waals surface area contributed by atoms with Crippen molar-refractivity contribution < 1.29 is 19.3 Å². The number of aliphatic hydroxyl groups excluding tert-OH is 1. The maximum atomic E-state index is 10.4. The predicted molar refractivity (Wildman–Crippen MR) is 86.8 cm³/mol. The Labute approximate surface area is 134 Å². The second-order valence-corrected chi connectivity index (χ2v) is 5.69. The van der Waals surface area contributed by atoms with Crippen molar-refractivity contribution in [1.82, 2.24) is 0 Å². The first-order valence-corrected chi connectivity index (χ1v) is 7.83. The van der Waals surface area contributed by atoms with Gasteiger partial charge in [-0.05, 0) is 59.0 Å². The van der Waals surface area contributed by atoms with Gasteiger partial charge in [0.15, 0.2) is 11.5 Å². The lowest BCUT2D eigenvalue weighted by Gasteiger charge is -2.11. The number of fused-ring (bicyclic) bond motifs is 2. The minimum Gasteiger partial charge on any atom is -0.494 e. The van der Waals surface area contributed by atoms with E-state index in [1.165, 1.54) is 0 Å². The van der Waals surface area contributed by atoms with Gasteiger partial charge < -0.3 is 19.3 Å². The molecule has 2 aliphatic rings. The molecule has 0 radical (unpaired) electrons. The van der Waals surface area contributed by atoms with Crippen LogP contribution in [0.2, 0.25) is 0 Å². The zero-order chi connectivity index (χ0) is 15.8. The molecule has 23 heavy (non-hydrogen) atoms. The SMILES string of the molecule is CCCOc1ccc2c(c1)C(O)C=C2c1ccc2c(c1)OCO2. The Morgan fingerprint density at radius 3 is 2.87 bits per heavy atom. The summed E-state index contributed by atoms with van der Waals surface area (Å²) >= 11 is 0. The van der Waals surface area contributed by atoms with Gasteiger partial charge in [-0.25, -0.2) is 0 Å². The Hall–Kier alpha value is -2.46. The molecule has 1 aliphatic carbocycles. The van der Waals surface area contributed by atoms with E-state index >= 15 is 0 Å². The van der Waals surface area contributed by atoms with E-state index in [4.69, 9.17) is 14.2 Å². The van der Waals surface area contributed by atoms with Crippen LogP contribution in [-0.2, 0) is 0 Å². The van der Waals surface area contributed by atoms with Crippen molar-refractivity contribution in [3.05, 3.63) is 59.2 Å². The zero-order valence-electron chi connectivity index (χ0n) is 12.9. The molecule has 0 amide bonds. The van der Waals surface area contributed by atoms with Crippen molar-refractivity contribution in [2.24, 2.45) is 0 Å². The molecule has 0 saturated heterocycles. The number of aliphatic hydroxyl groups is 1. The molecule has 0 fully saturated rings. The van der Waals surface area contributed by atoms with Crippen molar-refractivity contribution in [3.63, 3.8) is 0 Å². The van der Waals surface area contributed by atoms with Crippen LogP contribution in [0.5, 0.6) is 17.2 Å². The molecule has 0 spiro atoms. The topological polar surface area (TPSA) is 47.9 Å². The van der Waals surface area contributed by atoms with E-state index in [1.54, 1.807) is 0 Å². The van der Waals surface area contributed by atoms with E-state index in [0.717, 1.165) is 45.9 Å². The molecule has 4 nitrogen and oxygen atoms in total.